The summed E-state index contributed by atoms with van der Waals surface area (Å²) in [6.45, 7) is 3.39. The van der Waals surface area contributed by atoms with Gasteiger partial charge in [0.05, 0.1) is 41.8 Å². The first-order valence-corrected chi connectivity index (χ1v) is 10.4. The van der Waals surface area contributed by atoms with Crippen LogP contribution in [-0.4, -0.2) is 9.55 Å². The van der Waals surface area contributed by atoms with E-state index >= 15 is 0 Å². The number of hydrogen-bond acceptors (Lipinski definition) is 4. The number of hydrogen-bond donors (Lipinski definition) is 0. The summed E-state index contributed by atoms with van der Waals surface area (Å²) in [5.41, 5.74) is 7.63. The zero-order valence-electron chi connectivity index (χ0n) is 18.2. The summed E-state index contributed by atoms with van der Waals surface area (Å²) in [4.78, 5) is 6.52. The van der Waals surface area contributed by atoms with Crippen LogP contribution in [0.2, 0.25) is 0 Å². The Morgan fingerprint density at radius 2 is 1.69 bits per heavy atom. The van der Waals surface area contributed by atoms with Gasteiger partial charge < -0.3 is 9.47 Å². The van der Waals surface area contributed by atoms with E-state index in [2.05, 4.69) is 47.1 Å². The topological polar surface area (TPSA) is 68.6 Å². The summed E-state index contributed by atoms with van der Waals surface area (Å²) in [6, 6.07) is 26.3. The van der Waals surface area contributed by atoms with Crippen LogP contribution in [-0.2, 0) is 20.1 Å². The van der Waals surface area contributed by atoms with Crippen LogP contribution in [0, 0.1) is 29.6 Å². The lowest BCUT2D eigenvalue weighted by Gasteiger charge is -2.26. The Hall–Kier alpha value is -4.35. The predicted molar refractivity (Wildman–Crippen MR) is 126 cm³/mol. The Morgan fingerprint density at radius 1 is 0.906 bits per heavy atom. The maximum Gasteiger partial charge on any atom is 0.0998 e. The second-order valence-corrected chi connectivity index (χ2v) is 7.82. The summed E-state index contributed by atoms with van der Waals surface area (Å²) >= 11 is 0. The number of benzene rings is 3. The molecule has 0 unspecified atom stereocenters. The van der Waals surface area contributed by atoms with Gasteiger partial charge in [0.25, 0.3) is 0 Å². The number of aryl methyl sites for hydroxylation is 2. The lowest BCUT2D eigenvalue weighted by atomic mass is 9.95. The van der Waals surface area contributed by atoms with Crippen molar-refractivity contribution in [2.45, 2.75) is 20.0 Å². The number of anilines is 1. The highest BCUT2D eigenvalue weighted by Gasteiger charge is 2.15. The molecule has 5 heteroatoms. The highest BCUT2D eigenvalue weighted by Crippen LogP contribution is 2.32. The summed E-state index contributed by atoms with van der Waals surface area (Å²) in [5, 5.41) is 18.8. The van der Waals surface area contributed by atoms with Gasteiger partial charge in [0.15, 0.2) is 0 Å². The van der Waals surface area contributed by atoms with Crippen molar-refractivity contribution < 1.29 is 0 Å². The molecule has 0 aliphatic rings. The second-order valence-electron chi connectivity index (χ2n) is 7.82. The van der Waals surface area contributed by atoms with Gasteiger partial charge in [-0.1, -0.05) is 36.4 Å². The quantitative estimate of drug-likeness (QED) is 0.424. The molecule has 0 saturated heterocycles. The summed E-state index contributed by atoms with van der Waals surface area (Å²) in [7, 11) is 1.99. The van der Waals surface area contributed by atoms with Crippen molar-refractivity contribution in [3.8, 4) is 23.3 Å². The number of nitriles is 2. The third-order valence-corrected chi connectivity index (χ3v) is 5.65. The average Bonchev–Trinajstić information content (AvgIpc) is 3.23. The van der Waals surface area contributed by atoms with E-state index in [-0.39, 0.29) is 0 Å². The Balaban J connectivity index is 1.77. The minimum absolute atomic E-state index is 0.646. The fraction of sp³-hybridized carbons (Fsp3) is 0.148. The van der Waals surface area contributed by atoms with Crippen molar-refractivity contribution in [2.24, 2.45) is 7.05 Å². The van der Waals surface area contributed by atoms with Crippen LogP contribution in [0.3, 0.4) is 0 Å². The van der Waals surface area contributed by atoms with Gasteiger partial charge in [-0.25, -0.2) is 4.98 Å². The van der Waals surface area contributed by atoms with Gasteiger partial charge >= 0.3 is 0 Å². The molecule has 0 atom stereocenters. The summed E-state index contributed by atoms with van der Waals surface area (Å²) < 4.78 is 2.01. The Bertz CT molecular complexity index is 1320. The van der Waals surface area contributed by atoms with E-state index in [1.54, 1.807) is 6.33 Å². The molecule has 0 fully saturated rings. The smallest absolute Gasteiger partial charge is 0.0998 e. The number of aromatic nitrogens is 2. The molecule has 0 radical (unpaired) electrons. The van der Waals surface area contributed by atoms with E-state index in [4.69, 9.17) is 5.26 Å². The molecule has 4 rings (SSSR count). The van der Waals surface area contributed by atoms with Crippen molar-refractivity contribution in [2.75, 3.05) is 4.90 Å². The molecule has 0 aliphatic carbocycles. The van der Waals surface area contributed by atoms with E-state index in [0.29, 0.717) is 24.2 Å². The third-order valence-electron chi connectivity index (χ3n) is 5.65. The Kier molecular flexibility index (Phi) is 6.01. The van der Waals surface area contributed by atoms with Crippen LogP contribution in [0.5, 0.6) is 0 Å². The lowest BCUT2D eigenvalue weighted by Crippen LogP contribution is -2.23. The SMILES string of the molecule is Cc1ccccc1-c1cc(N(Cc2ccc(C#N)cc2)Cc2cncn2C)ccc1C#N. The maximum absolute atomic E-state index is 9.73. The number of imidazole rings is 1. The molecule has 0 bridgehead atoms. The van der Waals surface area contributed by atoms with Gasteiger partial charge in [0.1, 0.15) is 0 Å². The van der Waals surface area contributed by atoms with Gasteiger partial charge in [-0.05, 0) is 53.9 Å². The molecule has 5 nitrogen and oxygen atoms in total. The molecule has 156 valence electrons. The highest BCUT2D eigenvalue weighted by molar-refractivity contribution is 5.77. The average molecular weight is 418 g/mol. The van der Waals surface area contributed by atoms with Crippen LogP contribution in [0.25, 0.3) is 11.1 Å². The lowest BCUT2D eigenvalue weighted by molar-refractivity contribution is 0.736. The van der Waals surface area contributed by atoms with E-state index in [9.17, 15) is 5.26 Å². The Labute approximate surface area is 188 Å². The first-order chi connectivity index (χ1) is 15.6. The van der Waals surface area contributed by atoms with Crippen LogP contribution in [0.1, 0.15) is 27.9 Å². The molecule has 3 aromatic carbocycles. The van der Waals surface area contributed by atoms with E-state index < -0.39 is 0 Å². The van der Waals surface area contributed by atoms with Crippen molar-refractivity contribution in [3.05, 3.63) is 107 Å². The van der Waals surface area contributed by atoms with Crippen LogP contribution in [0.15, 0.2) is 79.3 Å². The predicted octanol–water partition coefficient (Wildman–Crippen LogP) is 5.35. The van der Waals surface area contributed by atoms with E-state index in [1.165, 1.54) is 0 Å². The van der Waals surface area contributed by atoms with Gasteiger partial charge in [0, 0.05) is 31.0 Å². The minimum atomic E-state index is 0.646. The van der Waals surface area contributed by atoms with Gasteiger partial charge in [-0.3, -0.25) is 0 Å². The molecule has 32 heavy (non-hydrogen) atoms. The van der Waals surface area contributed by atoms with Crippen molar-refractivity contribution in [1.29, 1.82) is 10.5 Å². The second kappa shape index (κ2) is 9.20. The van der Waals surface area contributed by atoms with Gasteiger partial charge in [-0.2, -0.15) is 10.5 Å². The molecular formula is C27H23N5. The summed E-state index contributed by atoms with van der Waals surface area (Å²) in [5.74, 6) is 0. The molecule has 1 aromatic heterocycles. The van der Waals surface area contributed by atoms with Gasteiger partial charge in [0.2, 0.25) is 0 Å². The highest BCUT2D eigenvalue weighted by atomic mass is 15.2. The molecular weight excluding hydrogens is 394 g/mol. The molecule has 0 amide bonds. The fourth-order valence-corrected chi connectivity index (χ4v) is 3.80. The largest absolute Gasteiger partial charge is 0.361 e. The van der Waals surface area contributed by atoms with E-state index in [1.807, 2.05) is 66.3 Å². The standard InChI is InChI=1S/C27H23N5/c1-20-5-3-4-6-26(20)27-13-24(12-11-23(27)15-29)32(18-25-16-30-19-31(25)2)17-22-9-7-21(14-28)8-10-22/h3-13,16,19H,17-18H2,1-2H3. The van der Waals surface area contributed by atoms with Crippen LogP contribution < -0.4 is 4.90 Å². The number of nitrogens with zero attached hydrogens (tertiary/aromatic N) is 5. The maximum atomic E-state index is 9.73. The molecule has 0 saturated carbocycles. The fourth-order valence-electron chi connectivity index (χ4n) is 3.80. The zero-order valence-corrected chi connectivity index (χ0v) is 18.2. The molecule has 0 spiro atoms. The molecule has 4 aromatic rings. The van der Waals surface area contributed by atoms with Crippen molar-refractivity contribution in [1.82, 2.24) is 9.55 Å². The Morgan fingerprint density at radius 3 is 2.34 bits per heavy atom. The van der Waals surface area contributed by atoms with Crippen molar-refractivity contribution >= 4 is 5.69 Å². The normalized spacial score (nSPS) is 10.4. The molecule has 1 heterocycles. The van der Waals surface area contributed by atoms with Crippen molar-refractivity contribution in [3.63, 3.8) is 0 Å². The third kappa shape index (κ3) is 4.38. The minimum Gasteiger partial charge on any atom is -0.361 e. The van der Waals surface area contributed by atoms with E-state index in [0.717, 1.165) is 33.6 Å². The van der Waals surface area contributed by atoms with Crippen LogP contribution in [0.4, 0.5) is 5.69 Å². The first kappa shape index (κ1) is 20.9. The first-order valence-electron chi connectivity index (χ1n) is 10.4. The molecule has 0 aliphatic heterocycles. The number of rotatable bonds is 6. The zero-order chi connectivity index (χ0) is 22.5. The summed E-state index contributed by atoms with van der Waals surface area (Å²) in [6.07, 6.45) is 3.67. The van der Waals surface area contributed by atoms with Crippen LogP contribution >= 0.6 is 0 Å². The molecule has 0 N–H and O–H groups in total. The van der Waals surface area contributed by atoms with Gasteiger partial charge in [-0.15, -0.1) is 0 Å². The monoisotopic (exact) mass is 417 g/mol.